The zero-order valence-corrected chi connectivity index (χ0v) is 8.12. The first-order valence-electron chi connectivity index (χ1n) is 4.73. The largest absolute Gasteiger partial charge is 0.328 e. The smallest absolute Gasteiger partial charge is 0.0575 e. The second-order valence-electron chi connectivity index (χ2n) is 3.79. The van der Waals surface area contributed by atoms with Crippen LogP contribution in [0.1, 0.15) is 25.7 Å². The van der Waals surface area contributed by atoms with Gasteiger partial charge in [0.25, 0.3) is 0 Å². The molecular formula is C9H20N2O. The summed E-state index contributed by atoms with van der Waals surface area (Å²) >= 11 is 0. The Morgan fingerprint density at radius 3 is 2.83 bits per heavy atom. The van der Waals surface area contributed by atoms with Gasteiger partial charge in [0.2, 0.25) is 0 Å². The molecule has 0 aliphatic heterocycles. The van der Waals surface area contributed by atoms with Crippen LogP contribution in [-0.4, -0.2) is 31.8 Å². The highest BCUT2D eigenvalue weighted by Crippen LogP contribution is 2.23. The molecule has 1 aliphatic carbocycles. The Hall–Kier alpha value is -0.120. The second kappa shape index (κ2) is 4.80. The van der Waals surface area contributed by atoms with E-state index in [0.717, 1.165) is 18.9 Å². The summed E-state index contributed by atoms with van der Waals surface area (Å²) in [5.41, 5.74) is 5.88. The van der Waals surface area contributed by atoms with Gasteiger partial charge in [-0.2, -0.15) is 5.06 Å². The van der Waals surface area contributed by atoms with Crippen LogP contribution in [0.2, 0.25) is 0 Å². The van der Waals surface area contributed by atoms with Gasteiger partial charge in [-0.15, -0.1) is 0 Å². The molecule has 0 heterocycles. The fraction of sp³-hybridized carbons (Fsp3) is 1.00. The average molecular weight is 172 g/mol. The first-order valence-corrected chi connectivity index (χ1v) is 4.73. The molecule has 0 radical (unpaired) electrons. The predicted octanol–water partition coefficient (Wildman–Crippen LogP) is 0.997. The minimum Gasteiger partial charge on any atom is -0.328 e. The van der Waals surface area contributed by atoms with Crippen molar-refractivity contribution in [3.63, 3.8) is 0 Å². The van der Waals surface area contributed by atoms with E-state index in [1.54, 1.807) is 7.11 Å². The Kier molecular flexibility index (Phi) is 3.98. The minimum atomic E-state index is 0.425. The molecule has 1 rings (SSSR count). The summed E-state index contributed by atoms with van der Waals surface area (Å²) in [6.45, 7) is 1.02. The zero-order valence-electron chi connectivity index (χ0n) is 8.12. The van der Waals surface area contributed by atoms with Crippen LogP contribution in [0.4, 0.5) is 0 Å². The van der Waals surface area contributed by atoms with Crippen LogP contribution in [0.5, 0.6) is 0 Å². The van der Waals surface area contributed by atoms with E-state index in [1.165, 1.54) is 19.3 Å². The summed E-state index contributed by atoms with van der Waals surface area (Å²) in [6, 6.07) is 0.425. The molecule has 1 saturated carbocycles. The number of nitrogens with two attached hydrogens (primary N) is 1. The van der Waals surface area contributed by atoms with Crippen LogP contribution < -0.4 is 5.73 Å². The average Bonchev–Trinajstić information content (AvgIpc) is 2.04. The molecule has 0 aromatic rings. The van der Waals surface area contributed by atoms with E-state index in [4.69, 9.17) is 10.6 Å². The van der Waals surface area contributed by atoms with Crippen molar-refractivity contribution in [2.75, 3.05) is 20.7 Å². The molecule has 0 bridgehead atoms. The standard InChI is InChI=1S/C9H20N2O/c1-11(12-2)7-8-4-3-5-9(10)6-8/h8-9H,3-7,10H2,1-2H3. The van der Waals surface area contributed by atoms with Gasteiger partial charge in [0.1, 0.15) is 0 Å². The fourth-order valence-electron chi connectivity index (χ4n) is 1.94. The van der Waals surface area contributed by atoms with E-state index in [2.05, 4.69) is 0 Å². The quantitative estimate of drug-likeness (QED) is 0.645. The molecule has 12 heavy (non-hydrogen) atoms. The normalized spacial score (nSPS) is 31.0. The number of hydrogen-bond acceptors (Lipinski definition) is 3. The topological polar surface area (TPSA) is 38.5 Å². The summed E-state index contributed by atoms with van der Waals surface area (Å²) < 4.78 is 0. The maximum absolute atomic E-state index is 5.88. The molecule has 0 saturated heterocycles. The van der Waals surface area contributed by atoms with Crippen molar-refractivity contribution in [3.8, 4) is 0 Å². The summed E-state index contributed by atoms with van der Waals surface area (Å²) in [6.07, 6.45) is 4.95. The third-order valence-corrected chi connectivity index (χ3v) is 2.65. The molecule has 0 spiro atoms. The van der Waals surface area contributed by atoms with E-state index in [9.17, 15) is 0 Å². The van der Waals surface area contributed by atoms with Crippen molar-refractivity contribution in [1.29, 1.82) is 0 Å². The summed E-state index contributed by atoms with van der Waals surface area (Å²) in [5, 5.41) is 1.89. The van der Waals surface area contributed by atoms with E-state index in [-0.39, 0.29) is 0 Å². The Balaban J connectivity index is 2.22. The fourth-order valence-corrected chi connectivity index (χ4v) is 1.94. The Morgan fingerprint density at radius 1 is 1.50 bits per heavy atom. The molecule has 0 amide bonds. The highest BCUT2D eigenvalue weighted by molar-refractivity contribution is 4.75. The van der Waals surface area contributed by atoms with Crippen molar-refractivity contribution in [2.24, 2.45) is 11.7 Å². The van der Waals surface area contributed by atoms with E-state index >= 15 is 0 Å². The molecule has 0 aromatic heterocycles. The lowest BCUT2D eigenvalue weighted by atomic mass is 9.86. The third kappa shape index (κ3) is 3.09. The zero-order chi connectivity index (χ0) is 8.97. The highest BCUT2D eigenvalue weighted by Gasteiger charge is 2.20. The SMILES string of the molecule is CON(C)CC1CCCC(N)C1. The lowest BCUT2D eigenvalue weighted by Gasteiger charge is -2.29. The predicted molar refractivity (Wildman–Crippen MR) is 49.6 cm³/mol. The number of rotatable bonds is 3. The van der Waals surface area contributed by atoms with Crippen molar-refractivity contribution in [1.82, 2.24) is 5.06 Å². The van der Waals surface area contributed by atoms with E-state index in [0.29, 0.717) is 6.04 Å². The van der Waals surface area contributed by atoms with Gasteiger partial charge in [0.15, 0.2) is 0 Å². The lowest BCUT2D eigenvalue weighted by molar-refractivity contribution is -0.120. The van der Waals surface area contributed by atoms with Gasteiger partial charge in [-0.3, -0.25) is 0 Å². The van der Waals surface area contributed by atoms with Crippen molar-refractivity contribution in [3.05, 3.63) is 0 Å². The maximum Gasteiger partial charge on any atom is 0.0575 e. The van der Waals surface area contributed by atoms with Crippen LogP contribution in [0.15, 0.2) is 0 Å². The Morgan fingerprint density at radius 2 is 2.25 bits per heavy atom. The third-order valence-electron chi connectivity index (χ3n) is 2.65. The summed E-state index contributed by atoms with van der Waals surface area (Å²) in [4.78, 5) is 5.08. The van der Waals surface area contributed by atoms with Gasteiger partial charge in [0, 0.05) is 19.6 Å². The molecule has 3 nitrogen and oxygen atoms in total. The second-order valence-corrected chi connectivity index (χ2v) is 3.79. The number of hydroxylamine groups is 2. The lowest BCUT2D eigenvalue weighted by Crippen LogP contribution is -2.33. The van der Waals surface area contributed by atoms with Gasteiger partial charge in [-0.25, -0.2) is 0 Å². The Bertz CT molecular complexity index is 130. The monoisotopic (exact) mass is 172 g/mol. The number of hydrogen-bond donors (Lipinski definition) is 1. The van der Waals surface area contributed by atoms with Gasteiger partial charge >= 0.3 is 0 Å². The van der Waals surface area contributed by atoms with Crippen LogP contribution in [0.25, 0.3) is 0 Å². The van der Waals surface area contributed by atoms with Gasteiger partial charge in [0.05, 0.1) is 7.11 Å². The Labute approximate surface area is 74.8 Å². The first kappa shape index (κ1) is 9.96. The van der Waals surface area contributed by atoms with Crippen LogP contribution in [0.3, 0.4) is 0 Å². The molecule has 2 atom stereocenters. The molecule has 1 aliphatic rings. The van der Waals surface area contributed by atoms with Crippen LogP contribution >= 0.6 is 0 Å². The van der Waals surface area contributed by atoms with E-state index < -0.39 is 0 Å². The molecule has 0 aromatic carbocycles. The van der Waals surface area contributed by atoms with Gasteiger partial charge < -0.3 is 10.6 Å². The summed E-state index contributed by atoms with van der Waals surface area (Å²) in [5.74, 6) is 0.735. The number of nitrogens with zero attached hydrogens (tertiary/aromatic N) is 1. The minimum absolute atomic E-state index is 0.425. The first-order chi connectivity index (χ1) is 5.72. The molecule has 3 heteroatoms. The van der Waals surface area contributed by atoms with Crippen molar-refractivity contribution in [2.45, 2.75) is 31.7 Å². The molecule has 2 unspecified atom stereocenters. The molecule has 2 N–H and O–H groups in total. The van der Waals surface area contributed by atoms with Crippen molar-refractivity contribution < 1.29 is 4.84 Å². The van der Waals surface area contributed by atoms with Gasteiger partial charge in [-0.05, 0) is 25.2 Å². The molecule has 1 fully saturated rings. The van der Waals surface area contributed by atoms with Crippen molar-refractivity contribution >= 4 is 0 Å². The molecule has 72 valence electrons. The molecular weight excluding hydrogens is 152 g/mol. The summed E-state index contributed by atoms with van der Waals surface area (Å²) in [7, 11) is 3.68. The van der Waals surface area contributed by atoms with Crippen LogP contribution in [0, 0.1) is 5.92 Å². The highest BCUT2D eigenvalue weighted by atomic mass is 16.7. The van der Waals surface area contributed by atoms with E-state index in [1.807, 2.05) is 12.1 Å². The van der Waals surface area contributed by atoms with Crippen LogP contribution in [-0.2, 0) is 4.84 Å². The van der Waals surface area contributed by atoms with Gasteiger partial charge in [-0.1, -0.05) is 6.42 Å². The maximum atomic E-state index is 5.88.